The van der Waals surface area contributed by atoms with Crippen LogP contribution in [-0.4, -0.2) is 12.6 Å². The molecule has 3 heteroatoms. The lowest BCUT2D eigenvalue weighted by Crippen LogP contribution is -1.97. The van der Waals surface area contributed by atoms with E-state index in [1.54, 1.807) is 6.08 Å². The fourth-order valence-electron chi connectivity index (χ4n) is 0.960. The number of carbonyl (C=O) groups excluding carboxylic acids is 1. The maximum atomic E-state index is 10.4. The lowest BCUT2D eigenvalue weighted by molar-refractivity contribution is -0.139. The van der Waals surface area contributed by atoms with Crippen molar-refractivity contribution in [2.24, 2.45) is 0 Å². The average Bonchev–Trinajstić information content (AvgIpc) is 2.12. The van der Waals surface area contributed by atoms with Crippen molar-refractivity contribution in [3.63, 3.8) is 0 Å². The van der Waals surface area contributed by atoms with Crippen molar-refractivity contribution < 1.29 is 9.53 Å². The Bertz CT molecular complexity index is 345. The maximum absolute atomic E-state index is 10.4. The second-order valence-corrected chi connectivity index (χ2v) is 3.20. The summed E-state index contributed by atoms with van der Waals surface area (Å²) in [7, 11) is 0. The molecule has 0 aliphatic carbocycles. The minimum atomic E-state index is -0.277. The molecule has 2 nitrogen and oxygen atoms in total. The van der Waals surface area contributed by atoms with Crippen LogP contribution in [0.25, 0.3) is 6.08 Å². The number of ether oxygens (including phenoxy) is 1. The first kappa shape index (κ1) is 10.8. The summed E-state index contributed by atoms with van der Waals surface area (Å²) in [5, 5.41) is 0.694. The highest BCUT2D eigenvalue weighted by molar-refractivity contribution is 6.30. The van der Waals surface area contributed by atoms with Gasteiger partial charge in [0.15, 0.2) is 0 Å². The summed E-state index contributed by atoms with van der Waals surface area (Å²) in [6.07, 6.45) is 3.63. The first-order valence-electron chi connectivity index (χ1n) is 4.24. The summed E-state index contributed by atoms with van der Waals surface area (Å²) in [6.45, 7) is 1.68. The van der Waals surface area contributed by atoms with E-state index in [2.05, 4.69) is 0 Å². The highest BCUT2D eigenvalue weighted by Crippen LogP contribution is 2.11. The number of esters is 1. The Morgan fingerprint density at radius 3 is 3.00 bits per heavy atom. The summed E-state index contributed by atoms with van der Waals surface area (Å²) >= 11 is 5.79. The molecule has 0 heterocycles. The molecule has 0 unspecified atom stereocenters. The summed E-state index contributed by atoms with van der Waals surface area (Å²) in [6, 6.07) is 7.45. The van der Waals surface area contributed by atoms with Gasteiger partial charge in [0.25, 0.3) is 0 Å². The zero-order chi connectivity index (χ0) is 10.4. The highest BCUT2D eigenvalue weighted by atomic mass is 35.5. The molecule has 0 aliphatic heterocycles. The Kier molecular flexibility index (Phi) is 4.20. The topological polar surface area (TPSA) is 26.3 Å². The van der Waals surface area contributed by atoms with Gasteiger partial charge in [-0.1, -0.05) is 29.8 Å². The molecule has 0 bridgehead atoms. The zero-order valence-corrected chi connectivity index (χ0v) is 8.62. The largest absolute Gasteiger partial charge is 0.462 e. The Hall–Kier alpha value is -1.28. The molecule has 0 aliphatic rings. The molecule has 1 rings (SSSR count). The van der Waals surface area contributed by atoms with Crippen LogP contribution in [0.15, 0.2) is 30.3 Å². The normalized spacial score (nSPS) is 10.4. The van der Waals surface area contributed by atoms with Crippen molar-refractivity contribution in [2.75, 3.05) is 6.61 Å². The predicted molar refractivity (Wildman–Crippen MR) is 57.1 cm³/mol. The molecule has 0 radical (unpaired) electrons. The average molecular weight is 211 g/mol. The SMILES string of the molecule is CC(=O)OCC=Cc1cccc(Cl)c1. The molecule has 1 aromatic carbocycles. The predicted octanol–water partition coefficient (Wildman–Crippen LogP) is 2.92. The van der Waals surface area contributed by atoms with Gasteiger partial charge in [0.2, 0.25) is 0 Å². The molecule has 74 valence electrons. The molecule has 0 fully saturated rings. The highest BCUT2D eigenvalue weighted by Gasteiger charge is 1.89. The van der Waals surface area contributed by atoms with Crippen molar-refractivity contribution in [3.05, 3.63) is 40.9 Å². The van der Waals surface area contributed by atoms with E-state index < -0.39 is 0 Å². The van der Waals surface area contributed by atoms with E-state index in [0.717, 1.165) is 5.56 Å². The smallest absolute Gasteiger partial charge is 0.302 e. The van der Waals surface area contributed by atoms with Crippen molar-refractivity contribution in [3.8, 4) is 0 Å². The van der Waals surface area contributed by atoms with E-state index in [9.17, 15) is 4.79 Å². The van der Waals surface area contributed by atoms with Crippen LogP contribution in [-0.2, 0) is 9.53 Å². The Morgan fingerprint density at radius 1 is 1.57 bits per heavy atom. The molecule has 1 aromatic rings. The van der Waals surface area contributed by atoms with Crippen molar-refractivity contribution in [1.29, 1.82) is 0 Å². The second-order valence-electron chi connectivity index (χ2n) is 2.76. The maximum Gasteiger partial charge on any atom is 0.302 e. The number of hydrogen-bond donors (Lipinski definition) is 0. The van der Waals surface area contributed by atoms with Gasteiger partial charge in [-0.3, -0.25) is 4.79 Å². The minimum absolute atomic E-state index is 0.277. The molecule has 0 saturated heterocycles. The van der Waals surface area contributed by atoms with Gasteiger partial charge < -0.3 is 4.74 Å². The van der Waals surface area contributed by atoms with Gasteiger partial charge in [-0.05, 0) is 23.8 Å². The van der Waals surface area contributed by atoms with Gasteiger partial charge in [-0.25, -0.2) is 0 Å². The summed E-state index contributed by atoms with van der Waals surface area (Å²) in [4.78, 5) is 10.4. The van der Waals surface area contributed by atoms with Crippen molar-refractivity contribution in [2.45, 2.75) is 6.92 Å². The fourth-order valence-corrected chi connectivity index (χ4v) is 1.16. The van der Waals surface area contributed by atoms with Crippen LogP contribution in [0.1, 0.15) is 12.5 Å². The minimum Gasteiger partial charge on any atom is -0.462 e. The number of halogens is 1. The zero-order valence-electron chi connectivity index (χ0n) is 7.87. The van der Waals surface area contributed by atoms with Crippen LogP contribution in [0.3, 0.4) is 0 Å². The molecule has 0 N–H and O–H groups in total. The van der Waals surface area contributed by atoms with Crippen LogP contribution in [0.2, 0.25) is 5.02 Å². The van der Waals surface area contributed by atoms with Crippen LogP contribution >= 0.6 is 11.6 Å². The van der Waals surface area contributed by atoms with Crippen LogP contribution in [0, 0.1) is 0 Å². The van der Waals surface area contributed by atoms with Gasteiger partial charge in [0.1, 0.15) is 6.61 Å². The van der Waals surface area contributed by atoms with Gasteiger partial charge in [0, 0.05) is 11.9 Å². The lowest BCUT2D eigenvalue weighted by Gasteiger charge is -1.96. The fraction of sp³-hybridized carbons (Fsp3) is 0.182. The summed E-state index contributed by atoms with van der Waals surface area (Å²) < 4.78 is 4.74. The molecule has 0 amide bonds. The molecule has 0 atom stereocenters. The van der Waals surface area contributed by atoms with Crippen molar-refractivity contribution >= 4 is 23.6 Å². The van der Waals surface area contributed by atoms with Crippen LogP contribution in [0.5, 0.6) is 0 Å². The third-order valence-corrected chi connectivity index (χ3v) is 1.78. The molecule has 14 heavy (non-hydrogen) atoms. The number of rotatable bonds is 3. The standard InChI is InChI=1S/C11H11ClO2/c1-9(13)14-7-3-5-10-4-2-6-11(12)8-10/h2-6,8H,7H2,1H3. The summed E-state index contributed by atoms with van der Waals surface area (Å²) in [5.74, 6) is -0.277. The van der Waals surface area contributed by atoms with E-state index >= 15 is 0 Å². The molecular formula is C11H11ClO2. The van der Waals surface area contributed by atoms with Gasteiger partial charge >= 0.3 is 5.97 Å². The second kappa shape index (κ2) is 5.45. The first-order chi connectivity index (χ1) is 6.68. The van der Waals surface area contributed by atoms with Crippen LogP contribution < -0.4 is 0 Å². The van der Waals surface area contributed by atoms with E-state index in [-0.39, 0.29) is 5.97 Å². The van der Waals surface area contributed by atoms with E-state index in [1.165, 1.54) is 6.92 Å². The molecule has 0 aromatic heterocycles. The lowest BCUT2D eigenvalue weighted by atomic mass is 10.2. The quantitative estimate of drug-likeness (QED) is 0.718. The Labute approximate surface area is 88.1 Å². The monoisotopic (exact) mass is 210 g/mol. The Balaban J connectivity index is 2.47. The van der Waals surface area contributed by atoms with E-state index in [1.807, 2.05) is 30.3 Å². The molecule has 0 spiro atoms. The number of hydrogen-bond acceptors (Lipinski definition) is 2. The molecular weight excluding hydrogens is 200 g/mol. The number of carbonyl (C=O) groups is 1. The molecule has 0 saturated carbocycles. The third-order valence-electron chi connectivity index (χ3n) is 1.54. The van der Waals surface area contributed by atoms with Gasteiger partial charge in [-0.15, -0.1) is 0 Å². The van der Waals surface area contributed by atoms with Gasteiger partial charge in [-0.2, -0.15) is 0 Å². The van der Waals surface area contributed by atoms with Gasteiger partial charge in [0.05, 0.1) is 0 Å². The van der Waals surface area contributed by atoms with E-state index in [4.69, 9.17) is 16.3 Å². The van der Waals surface area contributed by atoms with Crippen molar-refractivity contribution in [1.82, 2.24) is 0 Å². The first-order valence-corrected chi connectivity index (χ1v) is 4.62. The number of benzene rings is 1. The Morgan fingerprint density at radius 2 is 2.36 bits per heavy atom. The third kappa shape index (κ3) is 4.10. The van der Waals surface area contributed by atoms with Crippen LogP contribution in [0.4, 0.5) is 0 Å². The summed E-state index contributed by atoms with van der Waals surface area (Å²) in [5.41, 5.74) is 0.990. The van der Waals surface area contributed by atoms with E-state index in [0.29, 0.717) is 11.6 Å².